The number of rotatable bonds is 3. The van der Waals surface area contributed by atoms with Gasteiger partial charge in [-0.2, -0.15) is 0 Å². The van der Waals surface area contributed by atoms with Crippen LogP contribution in [0.1, 0.15) is 6.92 Å². The summed E-state index contributed by atoms with van der Waals surface area (Å²) in [5, 5.41) is 0.493. The molecule has 0 radical (unpaired) electrons. The zero-order valence-corrected chi connectivity index (χ0v) is 8.27. The number of hydrogen-bond donors (Lipinski definition) is 0. The Bertz CT molecular complexity index is 194. The van der Waals surface area contributed by atoms with E-state index in [4.69, 9.17) is 0 Å². The van der Waals surface area contributed by atoms with Gasteiger partial charge in [0.15, 0.2) is 0 Å². The van der Waals surface area contributed by atoms with E-state index in [2.05, 4.69) is 27.2 Å². The average Bonchev–Trinajstić information content (AvgIpc) is 1.98. The van der Waals surface area contributed by atoms with Crippen molar-refractivity contribution in [3.8, 4) is 0 Å². The lowest BCUT2D eigenvalue weighted by Gasteiger charge is -1.99. The van der Waals surface area contributed by atoms with Crippen LogP contribution < -0.4 is 0 Å². The summed E-state index contributed by atoms with van der Waals surface area (Å²) in [7, 11) is 1.36. The fourth-order valence-electron chi connectivity index (χ4n) is 0.581. The van der Waals surface area contributed by atoms with Gasteiger partial charge in [-0.1, -0.05) is 28.1 Å². The molecule has 62 valence electrons. The maximum atomic E-state index is 10.9. The molecule has 2 nitrogen and oxygen atoms in total. The lowest BCUT2D eigenvalue weighted by molar-refractivity contribution is -0.135. The van der Waals surface area contributed by atoms with Crippen LogP contribution in [0.15, 0.2) is 23.8 Å². The van der Waals surface area contributed by atoms with Gasteiger partial charge in [-0.05, 0) is 13.0 Å². The highest BCUT2D eigenvalue weighted by Crippen LogP contribution is 2.05. The molecule has 0 unspecified atom stereocenters. The number of carbonyl (C=O) groups excluding carboxylic acids is 1. The van der Waals surface area contributed by atoms with Crippen molar-refractivity contribution in [1.82, 2.24) is 0 Å². The van der Waals surface area contributed by atoms with Crippen molar-refractivity contribution >= 4 is 21.9 Å². The third kappa shape index (κ3) is 3.98. The minimum atomic E-state index is -0.315. The highest BCUT2D eigenvalue weighted by molar-refractivity contribution is 9.09. The van der Waals surface area contributed by atoms with E-state index < -0.39 is 0 Å². The molecule has 0 rings (SSSR count). The molecule has 0 saturated carbocycles. The van der Waals surface area contributed by atoms with E-state index in [0.717, 1.165) is 5.57 Å². The number of carbonyl (C=O) groups is 1. The molecular formula is C8H11BrO2. The molecule has 0 fully saturated rings. The lowest BCUT2D eigenvalue weighted by Crippen LogP contribution is -2.05. The fraction of sp³-hybridized carbons (Fsp3) is 0.375. The van der Waals surface area contributed by atoms with E-state index in [1.165, 1.54) is 7.11 Å². The largest absolute Gasteiger partial charge is 0.466 e. The molecule has 0 aliphatic heterocycles. The van der Waals surface area contributed by atoms with Crippen molar-refractivity contribution < 1.29 is 9.53 Å². The van der Waals surface area contributed by atoms with Crippen LogP contribution in [0.2, 0.25) is 0 Å². The summed E-state index contributed by atoms with van der Waals surface area (Å²) in [4.78, 5) is 10.9. The summed E-state index contributed by atoms with van der Waals surface area (Å²) in [5.41, 5.74) is 1.42. The fourth-order valence-corrected chi connectivity index (χ4v) is 0.971. The van der Waals surface area contributed by atoms with E-state index in [1.54, 1.807) is 6.08 Å². The topological polar surface area (TPSA) is 26.3 Å². The minimum Gasteiger partial charge on any atom is -0.466 e. The van der Waals surface area contributed by atoms with Gasteiger partial charge in [0.2, 0.25) is 0 Å². The van der Waals surface area contributed by atoms with Gasteiger partial charge in [-0.25, -0.2) is 4.79 Å². The van der Waals surface area contributed by atoms with Gasteiger partial charge in [-0.3, -0.25) is 0 Å². The second-order valence-electron chi connectivity index (χ2n) is 2.14. The van der Waals surface area contributed by atoms with Gasteiger partial charge in [0.05, 0.1) is 7.11 Å². The number of esters is 1. The van der Waals surface area contributed by atoms with E-state index in [0.29, 0.717) is 10.9 Å². The Balaban J connectivity index is 4.39. The van der Waals surface area contributed by atoms with Crippen LogP contribution in [0.5, 0.6) is 0 Å². The SMILES string of the molecule is C=C(C)/C=C(/CBr)C(=O)OC. The van der Waals surface area contributed by atoms with Crippen molar-refractivity contribution in [2.45, 2.75) is 6.92 Å². The van der Waals surface area contributed by atoms with Gasteiger partial charge in [0, 0.05) is 10.9 Å². The molecule has 0 aliphatic carbocycles. The molecule has 0 heterocycles. The number of ether oxygens (including phenoxy) is 1. The first-order valence-electron chi connectivity index (χ1n) is 3.12. The van der Waals surface area contributed by atoms with Gasteiger partial charge < -0.3 is 4.74 Å². The third-order valence-corrected chi connectivity index (χ3v) is 1.62. The first-order valence-corrected chi connectivity index (χ1v) is 4.24. The lowest BCUT2D eigenvalue weighted by atomic mass is 10.2. The molecular weight excluding hydrogens is 208 g/mol. The van der Waals surface area contributed by atoms with Crippen molar-refractivity contribution in [3.05, 3.63) is 23.8 Å². The van der Waals surface area contributed by atoms with Crippen LogP contribution in [0.25, 0.3) is 0 Å². The number of methoxy groups -OCH3 is 1. The standard InChI is InChI=1S/C8H11BrO2/c1-6(2)4-7(5-9)8(10)11-3/h4H,1,5H2,2-3H3/b7-4-. The maximum absolute atomic E-state index is 10.9. The summed E-state index contributed by atoms with van der Waals surface area (Å²) < 4.78 is 4.53. The van der Waals surface area contributed by atoms with E-state index in [-0.39, 0.29) is 5.97 Å². The smallest absolute Gasteiger partial charge is 0.334 e. The highest BCUT2D eigenvalue weighted by atomic mass is 79.9. The molecule has 0 amide bonds. The zero-order valence-electron chi connectivity index (χ0n) is 6.69. The summed E-state index contributed by atoms with van der Waals surface area (Å²) in [6.45, 7) is 5.48. The normalized spacial score (nSPS) is 11.0. The Kier molecular flexibility index (Phi) is 4.86. The molecule has 0 N–H and O–H groups in total. The monoisotopic (exact) mass is 218 g/mol. The highest BCUT2D eigenvalue weighted by Gasteiger charge is 2.06. The average molecular weight is 219 g/mol. The number of halogens is 1. The number of alkyl halides is 1. The zero-order chi connectivity index (χ0) is 8.85. The predicted octanol–water partition coefficient (Wildman–Crippen LogP) is 2.06. The molecule has 11 heavy (non-hydrogen) atoms. The molecule has 0 aromatic carbocycles. The number of hydrogen-bond acceptors (Lipinski definition) is 2. The summed E-state index contributed by atoms with van der Waals surface area (Å²) in [6, 6.07) is 0. The molecule has 0 aromatic rings. The van der Waals surface area contributed by atoms with E-state index in [9.17, 15) is 4.79 Å². The first-order chi connectivity index (χ1) is 5.11. The Morgan fingerprint density at radius 2 is 2.27 bits per heavy atom. The van der Waals surface area contributed by atoms with Crippen LogP contribution in [0.3, 0.4) is 0 Å². The van der Waals surface area contributed by atoms with Crippen LogP contribution in [-0.2, 0) is 9.53 Å². The van der Waals surface area contributed by atoms with Crippen LogP contribution >= 0.6 is 15.9 Å². The third-order valence-electron chi connectivity index (χ3n) is 1.01. The van der Waals surface area contributed by atoms with Crippen LogP contribution in [0, 0.1) is 0 Å². The summed E-state index contributed by atoms with van der Waals surface area (Å²) in [5.74, 6) is -0.315. The Hall–Kier alpha value is -0.570. The quantitative estimate of drug-likeness (QED) is 0.314. The maximum Gasteiger partial charge on any atom is 0.334 e. The minimum absolute atomic E-state index is 0.315. The molecule has 0 aliphatic rings. The number of allylic oxidation sites excluding steroid dienone is 2. The Morgan fingerprint density at radius 3 is 2.55 bits per heavy atom. The second kappa shape index (κ2) is 5.13. The van der Waals surface area contributed by atoms with Crippen LogP contribution in [-0.4, -0.2) is 18.4 Å². The van der Waals surface area contributed by atoms with Gasteiger partial charge in [-0.15, -0.1) is 0 Å². The molecule has 3 heteroatoms. The second-order valence-corrected chi connectivity index (χ2v) is 2.70. The van der Waals surface area contributed by atoms with Gasteiger partial charge >= 0.3 is 5.97 Å². The van der Waals surface area contributed by atoms with Gasteiger partial charge in [0.25, 0.3) is 0 Å². The molecule has 0 atom stereocenters. The van der Waals surface area contributed by atoms with Gasteiger partial charge in [0.1, 0.15) is 0 Å². The summed E-state index contributed by atoms with van der Waals surface area (Å²) in [6.07, 6.45) is 1.70. The Labute approximate surface area is 75.1 Å². The van der Waals surface area contributed by atoms with Crippen LogP contribution in [0.4, 0.5) is 0 Å². The van der Waals surface area contributed by atoms with Crippen molar-refractivity contribution in [3.63, 3.8) is 0 Å². The Morgan fingerprint density at radius 1 is 1.73 bits per heavy atom. The van der Waals surface area contributed by atoms with Crippen molar-refractivity contribution in [2.75, 3.05) is 12.4 Å². The predicted molar refractivity (Wildman–Crippen MR) is 48.7 cm³/mol. The molecule has 0 aromatic heterocycles. The first kappa shape index (κ1) is 10.4. The van der Waals surface area contributed by atoms with Crippen molar-refractivity contribution in [2.24, 2.45) is 0 Å². The van der Waals surface area contributed by atoms with Crippen molar-refractivity contribution in [1.29, 1.82) is 0 Å². The molecule has 0 spiro atoms. The molecule has 0 bridgehead atoms. The molecule has 0 saturated heterocycles. The van der Waals surface area contributed by atoms with E-state index >= 15 is 0 Å². The summed E-state index contributed by atoms with van der Waals surface area (Å²) >= 11 is 3.18. The van der Waals surface area contributed by atoms with E-state index in [1.807, 2.05) is 6.92 Å².